The van der Waals surface area contributed by atoms with E-state index in [2.05, 4.69) is 15.5 Å². The van der Waals surface area contributed by atoms with Crippen LogP contribution in [0, 0.1) is 6.92 Å². The van der Waals surface area contributed by atoms with Crippen molar-refractivity contribution >= 4 is 33.7 Å². The number of nitrogens with one attached hydrogen (secondary N) is 1. The summed E-state index contributed by atoms with van der Waals surface area (Å²) in [6.45, 7) is 2.48. The van der Waals surface area contributed by atoms with Crippen molar-refractivity contribution in [2.45, 2.75) is 64.3 Å². The molecule has 2 aromatic heterocycles. The van der Waals surface area contributed by atoms with Gasteiger partial charge in [-0.15, -0.1) is 10.2 Å². The van der Waals surface area contributed by atoms with Gasteiger partial charge in [-0.3, -0.25) is 9.59 Å². The van der Waals surface area contributed by atoms with Gasteiger partial charge >= 0.3 is 4.87 Å². The van der Waals surface area contributed by atoms with Crippen LogP contribution in [0.25, 0.3) is 0 Å². The van der Waals surface area contributed by atoms with E-state index in [1.807, 2.05) is 12.3 Å². The monoisotopic (exact) mass is 366 g/mol. The smallest absolute Gasteiger partial charge is 0.303 e. The molecule has 0 bridgehead atoms. The number of carbonyl (C=O) groups excluding carboxylic acids is 1. The van der Waals surface area contributed by atoms with Crippen LogP contribution in [0.5, 0.6) is 0 Å². The first-order chi connectivity index (χ1) is 11.6. The molecule has 0 spiro atoms. The molecule has 24 heavy (non-hydrogen) atoms. The van der Waals surface area contributed by atoms with E-state index in [0.29, 0.717) is 30.4 Å². The molecule has 2 heterocycles. The predicted octanol–water partition coefficient (Wildman–Crippen LogP) is 3.54. The highest BCUT2D eigenvalue weighted by Gasteiger charge is 2.20. The predicted molar refractivity (Wildman–Crippen MR) is 96.9 cm³/mol. The first kappa shape index (κ1) is 17.3. The highest BCUT2D eigenvalue weighted by atomic mass is 32.1. The quantitative estimate of drug-likeness (QED) is 0.848. The molecule has 130 valence electrons. The van der Waals surface area contributed by atoms with Crippen LogP contribution in [-0.4, -0.2) is 20.7 Å². The zero-order valence-corrected chi connectivity index (χ0v) is 15.4. The Bertz CT molecular complexity index is 743. The number of anilines is 1. The van der Waals surface area contributed by atoms with Crippen molar-refractivity contribution < 1.29 is 4.79 Å². The van der Waals surface area contributed by atoms with Crippen molar-refractivity contribution in [3.05, 3.63) is 25.7 Å². The molecule has 6 nitrogen and oxygen atoms in total. The number of hydrogen-bond acceptors (Lipinski definition) is 6. The topological polar surface area (TPSA) is 76.9 Å². The fraction of sp³-hybridized carbons (Fsp3) is 0.625. The van der Waals surface area contributed by atoms with Crippen LogP contribution in [0.1, 0.15) is 61.6 Å². The Morgan fingerprint density at radius 2 is 2.12 bits per heavy atom. The average Bonchev–Trinajstić information content (AvgIpc) is 3.17. The molecule has 0 aliphatic heterocycles. The van der Waals surface area contributed by atoms with E-state index in [-0.39, 0.29) is 10.8 Å². The fourth-order valence-corrected chi connectivity index (χ4v) is 4.74. The number of carbonyl (C=O) groups is 1. The van der Waals surface area contributed by atoms with Gasteiger partial charge in [0.05, 0.1) is 0 Å². The lowest BCUT2D eigenvalue weighted by molar-refractivity contribution is -0.116. The molecule has 1 amide bonds. The molecule has 0 atom stereocenters. The van der Waals surface area contributed by atoms with E-state index in [0.717, 1.165) is 10.7 Å². The van der Waals surface area contributed by atoms with E-state index < -0.39 is 0 Å². The van der Waals surface area contributed by atoms with Crippen LogP contribution in [0.3, 0.4) is 0 Å². The van der Waals surface area contributed by atoms with Crippen LogP contribution in [-0.2, 0) is 11.3 Å². The number of aryl methyl sites for hydroxylation is 1. The number of hydrogen-bond donors (Lipinski definition) is 1. The van der Waals surface area contributed by atoms with Gasteiger partial charge in [0.15, 0.2) is 0 Å². The minimum Gasteiger partial charge on any atom is -0.303 e. The lowest BCUT2D eigenvalue weighted by atomic mass is 9.90. The van der Waals surface area contributed by atoms with Gasteiger partial charge in [-0.1, -0.05) is 41.9 Å². The van der Waals surface area contributed by atoms with Gasteiger partial charge in [0.1, 0.15) is 5.01 Å². The average molecular weight is 367 g/mol. The molecule has 0 saturated heterocycles. The summed E-state index contributed by atoms with van der Waals surface area (Å²) in [7, 11) is 0. The zero-order valence-electron chi connectivity index (χ0n) is 13.8. The van der Waals surface area contributed by atoms with Crippen molar-refractivity contribution in [2.24, 2.45) is 0 Å². The van der Waals surface area contributed by atoms with Crippen LogP contribution >= 0.6 is 22.7 Å². The summed E-state index contributed by atoms with van der Waals surface area (Å²) in [5.74, 6) is 0.442. The Morgan fingerprint density at radius 3 is 2.83 bits per heavy atom. The molecule has 3 rings (SSSR count). The van der Waals surface area contributed by atoms with Crippen molar-refractivity contribution in [2.75, 3.05) is 5.32 Å². The summed E-state index contributed by atoms with van der Waals surface area (Å²) in [5, 5.41) is 14.7. The maximum atomic E-state index is 12.0. The normalized spacial score (nSPS) is 15.5. The van der Waals surface area contributed by atoms with Crippen LogP contribution in [0.4, 0.5) is 5.13 Å². The Morgan fingerprint density at radius 1 is 1.33 bits per heavy atom. The second kappa shape index (κ2) is 8.02. The minimum absolute atomic E-state index is 0.0363. The lowest BCUT2D eigenvalue weighted by Gasteiger charge is -2.18. The van der Waals surface area contributed by atoms with Gasteiger partial charge < -0.3 is 9.88 Å². The summed E-state index contributed by atoms with van der Waals surface area (Å²) in [6, 6.07) is 0. The lowest BCUT2D eigenvalue weighted by Crippen LogP contribution is -2.17. The summed E-state index contributed by atoms with van der Waals surface area (Å²) >= 11 is 2.70. The summed E-state index contributed by atoms with van der Waals surface area (Å²) in [5.41, 5.74) is 0.951. The van der Waals surface area contributed by atoms with E-state index in [1.54, 1.807) is 4.57 Å². The highest BCUT2D eigenvalue weighted by Crippen LogP contribution is 2.35. The van der Waals surface area contributed by atoms with Crippen LogP contribution in [0.2, 0.25) is 0 Å². The Balaban J connectivity index is 1.46. The zero-order chi connectivity index (χ0) is 16.9. The highest BCUT2D eigenvalue weighted by molar-refractivity contribution is 7.15. The molecule has 1 aliphatic carbocycles. The second-order valence-corrected chi connectivity index (χ2v) is 8.06. The molecule has 1 fully saturated rings. The maximum absolute atomic E-state index is 12.0. The number of rotatable bonds is 6. The molecule has 1 saturated carbocycles. The third-order valence-corrected chi connectivity index (χ3v) is 6.29. The summed E-state index contributed by atoms with van der Waals surface area (Å²) < 4.78 is 1.71. The Hall–Kier alpha value is -1.54. The van der Waals surface area contributed by atoms with Gasteiger partial charge in [0, 0.05) is 30.0 Å². The summed E-state index contributed by atoms with van der Waals surface area (Å²) in [6.07, 6.45) is 7.19. The van der Waals surface area contributed by atoms with E-state index in [1.165, 1.54) is 54.8 Å². The largest absolute Gasteiger partial charge is 0.307 e. The van der Waals surface area contributed by atoms with E-state index >= 15 is 0 Å². The van der Waals surface area contributed by atoms with E-state index in [4.69, 9.17) is 0 Å². The standard InChI is InChI=1S/C16H22N4O2S2/c1-11-10-23-16(22)20(11)9-5-8-13(21)17-15-19-18-14(24-15)12-6-3-2-4-7-12/h10,12H,2-9H2,1H3,(H,17,19,21). The second-order valence-electron chi connectivity index (χ2n) is 6.23. The molecule has 0 aromatic carbocycles. The third-order valence-electron chi connectivity index (χ3n) is 4.40. The SMILES string of the molecule is Cc1csc(=O)n1CCCC(=O)Nc1nnc(C2CCCCC2)s1. The molecule has 0 unspecified atom stereocenters. The van der Waals surface area contributed by atoms with Gasteiger partial charge in [-0.2, -0.15) is 0 Å². The molecule has 1 aliphatic rings. The van der Waals surface area contributed by atoms with Gasteiger partial charge in [0.25, 0.3) is 0 Å². The molecular weight excluding hydrogens is 344 g/mol. The van der Waals surface area contributed by atoms with Crippen molar-refractivity contribution in [1.82, 2.24) is 14.8 Å². The maximum Gasteiger partial charge on any atom is 0.307 e. The first-order valence-electron chi connectivity index (χ1n) is 8.41. The number of amides is 1. The number of aromatic nitrogens is 3. The van der Waals surface area contributed by atoms with Gasteiger partial charge in [-0.05, 0) is 26.2 Å². The molecule has 8 heteroatoms. The Kier molecular flexibility index (Phi) is 5.78. The third kappa shape index (κ3) is 4.30. The fourth-order valence-electron chi connectivity index (χ4n) is 3.05. The first-order valence-corrected chi connectivity index (χ1v) is 10.1. The van der Waals surface area contributed by atoms with Crippen molar-refractivity contribution in [3.63, 3.8) is 0 Å². The van der Waals surface area contributed by atoms with E-state index in [9.17, 15) is 9.59 Å². The number of nitrogens with zero attached hydrogens (tertiary/aromatic N) is 3. The molecule has 2 aromatic rings. The van der Waals surface area contributed by atoms with Gasteiger partial charge in [0.2, 0.25) is 11.0 Å². The van der Waals surface area contributed by atoms with Crippen molar-refractivity contribution in [3.8, 4) is 0 Å². The minimum atomic E-state index is -0.0673. The molecular formula is C16H22N4O2S2. The molecule has 0 radical (unpaired) electrons. The number of thiazole rings is 1. The summed E-state index contributed by atoms with van der Waals surface area (Å²) in [4.78, 5) is 23.7. The molecule has 1 N–H and O–H groups in total. The van der Waals surface area contributed by atoms with Crippen LogP contribution in [0.15, 0.2) is 10.2 Å². The Labute approximate surface area is 148 Å². The van der Waals surface area contributed by atoms with Gasteiger partial charge in [-0.25, -0.2) is 0 Å². The van der Waals surface area contributed by atoms with Crippen molar-refractivity contribution in [1.29, 1.82) is 0 Å². The van der Waals surface area contributed by atoms with Crippen LogP contribution < -0.4 is 10.2 Å².